The van der Waals surface area contributed by atoms with Crippen molar-refractivity contribution in [2.45, 2.75) is 6.29 Å². The minimum absolute atomic E-state index is 0.276. The molecule has 0 aliphatic carbocycles. The molecule has 4 nitrogen and oxygen atoms in total. The van der Waals surface area contributed by atoms with E-state index in [0.717, 1.165) is 5.46 Å². The fraction of sp³-hybridized carbons (Fsp3) is 0.222. The molecule has 1 aliphatic rings. The number of carbonyl (C=O) groups excluding carboxylic acids is 1. The Balaban J connectivity index is 1.99. The maximum absolute atomic E-state index is 10.0. The van der Waals surface area contributed by atoms with Crippen molar-refractivity contribution in [3.63, 3.8) is 0 Å². The summed E-state index contributed by atoms with van der Waals surface area (Å²) >= 11 is 0. The van der Waals surface area contributed by atoms with Gasteiger partial charge in [0.05, 0.1) is 6.61 Å². The molecule has 1 aromatic rings. The summed E-state index contributed by atoms with van der Waals surface area (Å²) in [6.45, 7) is 0.639. The first-order valence-electron chi connectivity index (χ1n) is 4.31. The number of hydrogen-bond acceptors (Lipinski definition) is 4. The molecular weight excluding hydrogens is 183 g/mol. The molecule has 1 aliphatic heterocycles. The molecule has 1 atom stereocenters. The van der Waals surface area contributed by atoms with Crippen LogP contribution in [0, 0.1) is 0 Å². The normalized spacial score (nSPS) is 20.9. The van der Waals surface area contributed by atoms with Crippen LogP contribution in [0.25, 0.3) is 0 Å². The fourth-order valence-corrected chi connectivity index (χ4v) is 1.30. The Labute approximate surface area is 81.9 Å². The van der Waals surface area contributed by atoms with Crippen LogP contribution < -0.4 is 5.46 Å². The quantitative estimate of drug-likeness (QED) is 0.496. The first-order chi connectivity index (χ1) is 6.90. The van der Waals surface area contributed by atoms with Crippen LogP contribution >= 0.6 is 0 Å². The van der Waals surface area contributed by atoms with E-state index >= 15 is 0 Å². The summed E-state index contributed by atoms with van der Waals surface area (Å²) in [7, 11) is -0.429. The third-order valence-electron chi connectivity index (χ3n) is 1.94. The van der Waals surface area contributed by atoms with Crippen molar-refractivity contribution in [3.8, 4) is 0 Å². The molecule has 2 rings (SSSR count). The average molecular weight is 192 g/mol. The van der Waals surface area contributed by atoms with Crippen molar-refractivity contribution in [1.82, 2.24) is 0 Å². The molecule has 1 aromatic carbocycles. The third kappa shape index (κ3) is 1.94. The molecule has 14 heavy (non-hydrogen) atoms. The van der Waals surface area contributed by atoms with Crippen LogP contribution in [0.3, 0.4) is 0 Å². The van der Waals surface area contributed by atoms with Gasteiger partial charge in [-0.1, -0.05) is 30.3 Å². The lowest BCUT2D eigenvalue weighted by atomic mass is 9.80. The van der Waals surface area contributed by atoms with Gasteiger partial charge in [-0.15, -0.1) is 0 Å². The second kappa shape index (κ2) is 4.26. The van der Waals surface area contributed by atoms with Gasteiger partial charge in [-0.3, -0.25) is 4.79 Å². The van der Waals surface area contributed by atoms with Gasteiger partial charge in [-0.05, 0) is 5.46 Å². The maximum Gasteiger partial charge on any atom is 0.496 e. The third-order valence-corrected chi connectivity index (χ3v) is 1.94. The van der Waals surface area contributed by atoms with Gasteiger partial charge in [-0.25, -0.2) is 0 Å². The Bertz CT molecular complexity index is 303. The molecule has 0 spiro atoms. The van der Waals surface area contributed by atoms with Crippen molar-refractivity contribution < 1.29 is 18.8 Å². The van der Waals surface area contributed by atoms with Crippen LogP contribution in [-0.2, 0) is 18.8 Å². The minimum atomic E-state index is -0.585. The molecular formula is C9H9BO4. The molecule has 5 heteroatoms. The van der Waals surface area contributed by atoms with Gasteiger partial charge in [0.2, 0.25) is 6.29 Å². The highest BCUT2D eigenvalue weighted by atomic mass is 16.8. The van der Waals surface area contributed by atoms with Crippen molar-refractivity contribution in [2.75, 3.05) is 6.61 Å². The monoisotopic (exact) mass is 192 g/mol. The zero-order chi connectivity index (χ0) is 9.80. The number of carbonyl (C=O) groups is 1. The summed E-state index contributed by atoms with van der Waals surface area (Å²) in [5, 5.41) is 0. The van der Waals surface area contributed by atoms with Gasteiger partial charge < -0.3 is 14.0 Å². The van der Waals surface area contributed by atoms with Crippen LogP contribution in [0.1, 0.15) is 0 Å². The summed E-state index contributed by atoms with van der Waals surface area (Å²) in [6, 6.07) is 9.51. The zero-order valence-electron chi connectivity index (χ0n) is 7.46. The van der Waals surface area contributed by atoms with Crippen LogP contribution in [0.15, 0.2) is 30.3 Å². The van der Waals surface area contributed by atoms with Gasteiger partial charge in [-0.2, -0.15) is 0 Å². The van der Waals surface area contributed by atoms with Gasteiger partial charge in [0.25, 0.3) is 6.47 Å². The first-order valence-corrected chi connectivity index (χ1v) is 4.31. The van der Waals surface area contributed by atoms with E-state index in [1.807, 2.05) is 30.3 Å². The summed E-state index contributed by atoms with van der Waals surface area (Å²) in [5.41, 5.74) is 0.921. The summed E-state index contributed by atoms with van der Waals surface area (Å²) in [4.78, 5) is 10.0. The number of rotatable bonds is 3. The van der Waals surface area contributed by atoms with Crippen LogP contribution in [0.4, 0.5) is 0 Å². The molecule has 0 bridgehead atoms. The Kier molecular flexibility index (Phi) is 2.81. The smallest absolute Gasteiger partial charge is 0.437 e. The maximum atomic E-state index is 10.0. The lowest BCUT2D eigenvalue weighted by Crippen LogP contribution is -2.32. The molecule has 0 amide bonds. The lowest BCUT2D eigenvalue weighted by Gasteiger charge is -2.06. The predicted molar refractivity (Wildman–Crippen MR) is 49.8 cm³/mol. The number of ether oxygens (including phenoxy) is 1. The number of hydrogen-bond donors (Lipinski definition) is 0. The molecule has 0 saturated carbocycles. The standard InChI is InChI=1S/C9H9BO4/c11-7-12-9-6-13-10(14-9)8-4-2-1-3-5-8/h1-5,7,9H,6H2. The summed E-state index contributed by atoms with van der Waals surface area (Å²) in [5.74, 6) is 0. The summed E-state index contributed by atoms with van der Waals surface area (Å²) < 4.78 is 15.2. The van der Waals surface area contributed by atoms with E-state index in [1.54, 1.807) is 0 Å². The van der Waals surface area contributed by atoms with Crippen molar-refractivity contribution in [1.29, 1.82) is 0 Å². The van der Waals surface area contributed by atoms with E-state index in [4.69, 9.17) is 9.31 Å². The minimum Gasteiger partial charge on any atom is -0.437 e. The van der Waals surface area contributed by atoms with Gasteiger partial charge in [0.1, 0.15) is 0 Å². The molecule has 1 fully saturated rings. The van der Waals surface area contributed by atoms with Crippen molar-refractivity contribution in [2.24, 2.45) is 0 Å². The second-order valence-electron chi connectivity index (χ2n) is 2.87. The Morgan fingerprint density at radius 1 is 1.43 bits per heavy atom. The largest absolute Gasteiger partial charge is 0.496 e. The predicted octanol–water partition coefficient (Wildman–Crippen LogP) is -0.0723. The molecule has 0 N–H and O–H groups in total. The second-order valence-corrected chi connectivity index (χ2v) is 2.87. The van der Waals surface area contributed by atoms with E-state index in [1.165, 1.54) is 0 Å². The van der Waals surface area contributed by atoms with Gasteiger partial charge in [0.15, 0.2) is 0 Å². The van der Waals surface area contributed by atoms with Crippen LogP contribution in [0.2, 0.25) is 0 Å². The molecule has 0 aromatic heterocycles. The van der Waals surface area contributed by atoms with E-state index in [0.29, 0.717) is 6.47 Å². The first kappa shape index (κ1) is 9.24. The molecule has 0 radical (unpaired) electrons. The Morgan fingerprint density at radius 3 is 2.93 bits per heavy atom. The van der Waals surface area contributed by atoms with E-state index in [2.05, 4.69) is 4.74 Å². The van der Waals surface area contributed by atoms with Crippen LogP contribution in [0.5, 0.6) is 0 Å². The van der Waals surface area contributed by atoms with Crippen molar-refractivity contribution in [3.05, 3.63) is 30.3 Å². The van der Waals surface area contributed by atoms with Crippen molar-refractivity contribution >= 4 is 19.1 Å². The highest BCUT2D eigenvalue weighted by Gasteiger charge is 2.33. The van der Waals surface area contributed by atoms with Gasteiger partial charge >= 0.3 is 7.12 Å². The van der Waals surface area contributed by atoms with E-state index < -0.39 is 13.4 Å². The topological polar surface area (TPSA) is 44.8 Å². The molecule has 1 unspecified atom stereocenters. The lowest BCUT2D eigenvalue weighted by molar-refractivity contribution is -0.145. The molecule has 1 saturated heterocycles. The average Bonchev–Trinajstić information content (AvgIpc) is 2.68. The SMILES string of the molecule is O=COC1COB(c2ccccc2)O1. The fourth-order valence-electron chi connectivity index (χ4n) is 1.30. The zero-order valence-corrected chi connectivity index (χ0v) is 7.46. The van der Waals surface area contributed by atoms with E-state index in [-0.39, 0.29) is 6.61 Å². The highest BCUT2D eigenvalue weighted by Crippen LogP contribution is 2.08. The molecule has 1 heterocycles. The summed E-state index contributed by atoms with van der Waals surface area (Å²) in [6.07, 6.45) is -0.585. The Morgan fingerprint density at radius 2 is 2.21 bits per heavy atom. The Hall–Kier alpha value is -1.33. The van der Waals surface area contributed by atoms with Gasteiger partial charge in [0, 0.05) is 0 Å². The number of benzene rings is 1. The molecule has 72 valence electrons. The van der Waals surface area contributed by atoms with Crippen LogP contribution in [-0.4, -0.2) is 26.5 Å². The van der Waals surface area contributed by atoms with E-state index in [9.17, 15) is 4.79 Å². The highest BCUT2D eigenvalue weighted by molar-refractivity contribution is 6.61.